The van der Waals surface area contributed by atoms with E-state index in [1.54, 1.807) is 7.11 Å². The maximum Gasteiger partial charge on any atom is 0.248 e. The summed E-state index contributed by atoms with van der Waals surface area (Å²) in [6.07, 6.45) is 1.01. The Labute approximate surface area is 184 Å². The van der Waals surface area contributed by atoms with Crippen molar-refractivity contribution in [3.63, 3.8) is 0 Å². The first-order chi connectivity index (χ1) is 14.5. The number of hydrogen-bond acceptors (Lipinski definition) is 3. The van der Waals surface area contributed by atoms with Gasteiger partial charge >= 0.3 is 0 Å². The highest BCUT2D eigenvalue weighted by molar-refractivity contribution is 6.30. The van der Waals surface area contributed by atoms with Crippen molar-refractivity contribution in [1.29, 1.82) is 0 Å². The van der Waals surface area contributed by atoms with Crippen LogP contribution in [-0.4, -0.2) is 55.1 Å². The van der Waals surface area contributed by atoms with Crippen LogP contribution in [-0.2, 0) is 16.1 Å². The average Bonchev–Trinajstić information content (AvgIpc) is 3.09. The average molecular weight is 427 g/mol. The highest BCUT2D eigenvalue weighted by Crippen LogP contribution is 2.42. The number of rotatable bonds is 5. The Morgan fingerprint density at radius 1 is 1.10 bits per heavy atom. The Kier molecular flexibility index (Phi) is 6.47. The fraction of sp³-hybridized carbons (Fsp3) is 0.480. The molecule has 2 aromatic rings. The minimum absolute atomic E-state index is 0.103. The lowest BCUT2D eigenvalue weighted by atomic mass is 9.81. The molecule has 2 aliphatic rings. The van der Waals surface area contributed by atoms with Gasteiger partial charge in [0.25, 0.3) is 0 Å². The van der Waals surface area contributed by atoms with Crippen LogP contribution in [0.2, 0.25) is 5.02 Å². The van der Waals surface area contributed by atoms with E-state index < -0.39 is 0 Å². The van der Waals surface area contributed by atoms with Crippen LogP contribution < -0.4 is 0 Å². The molecule has 2 aliphatic heterocycles. The van der Waals surface area contributed by atoms with Gasteiger partial charge in [-0.3, -0.25) is 9.69 Å². The van der Waals surface area contributed by atoms with E-state index in [1.165, 1.54) is 22.3 Å². The highest BCUT2D eigenvalue weighted by atomic mass is 35.5. The number of ether oxygens (including phenoxy) is 1. The molecule has 4 rings (SSSR count). The van der Waals surface area contributed by atoms with Gasteiger partial charge in [0, 0.05) is 56.2 Å². The fourth-order valence-corrected chi connectivity index (χ4v) is 5.26. The molecular weight excluding hydrogens is 396 g/mol. The van der Waals surface area contributed by atoms with Crippen LogP contribution in [0.1, 0.15) is 34.6 Å². The summed E-state index contributed by atoms with van der Waals surface area (Å²) in [5.74, 6) is 0.972. The van der Waals surface area contributed by atoms with Gasteiger partial charge in [0.2, 0.25) is 5.91 Å². The van der Waals surface area contributed by atoms with E-state index in [0.717, 1.165) is 37.6 Å². The third-order valence-corrected chi connectivity index (χ3v) is 7.17. The molecular formula is C25H31ClN2O2. The lowest BCUT2D eigenvalue weighted by Crippen LogP contribution is -2.49. The summed E-state index contributed by atoms with van der Waals surface area (Å²) in [4.78, 5) is 17.1. The zero-order chi connectivity index (χ0) is 21.3. The monoisotopic (exact) mass is 426 g/mol. The molecule has 160 valence electrons. The third-order valence-electron chi connectivity index (χ3n) is 6.92. The number of hydrogen-bond donors (Lipinski definition) is 0. The van der Waals surface area contributed by atoms with Gasteiger partial charge < -0.3 is 9.64 Å². The number of carbonyl (C=O) groups is 1. The number of likely N-dealkylation sites (tertiary alicyclic amines) is 2. The molecule has 0 unspecified atom stereocenters. The number of carbonyl (C=O) groups excluding carboxylic acids is 1. The van der Waals surface area contributed by atoms with Crippen molar-refractivity contribution in [3.05, 3.63) is 69.7 Å². The first kappa shape index (κ1) is 21.4. The number of benzene rings is 2. The topological polar surface area (TPSA) is 32.8 Å². The maximum absolute atomic E-state index is 12.5. The van der Waals surface area contributed by atoms with Gasteiger partial charge in [-0.05, 0) is 54.7 Å². The molecule has 2 aromatic carbocycles. The summed E-state index contributed by atoms with van der Waals surface area (Å²) in [5, 5.41) is 0.774. The second kappa shape index (κ2) is 9.09. The first-order valence-electron chi connectivity index (χ1n) is 10.8. The van der Waals surface area contributed by atoms with Crippen LogP contribution in [0, 0.1) is 19.8 Å². The van der Waals surface area contributed by atoms with Crippen LogP contribution in [0.25, 0.3) is 0 Å². The van der Waals surface area contributed by atoms with Gasteiger partial charge in [-0.25, -0.2) is 0 Å². The van der Waals surface area contributed by atoms with Crippen molar-refractivity contribution in [2.24, 2.45) is 5.92 Å². The Morgan fingerprint density at radius 3 is 2.57 bits per heavy atom. The lowest BCUT2D eigenvalue weighted by Gasteiger charge is -2.39. The summed E-state index contributed by atoms with van der Waals surface area (Å²) >= 11 is 6.08. The van der Waals surface area contributed by atoms with E-state index in [4.69, 9.17) is 16.3 Å². The van der Waals surface area contributed by atoms with E-state index in [1.807, 2.05) is 17.0 Å². The number of nitrogens with zero attached hydrogens (tertiary/aromatic N) is 2. The predicted molar refractivity (Wildman–Crippen MR) is 121 cm³/mol. The summed E-state index contributed by atoms with van der Waals surface area (Å²) < 4.78 is 5.11. The Morgan fingerprint density at radius 2 is 1.87 bits per heavy atom. The van der Waals surface area contributed by atoms with Gasteiger partial charge in [-0.2, -0.15) is 0 Å². The van der Waals surface area contributed by atoms with Crippen LogP contribution in [0.5, 0.6) is 0 Å². The molecule has 2 fully saturated rings. The van der Waals surface area contributed by atoms with Crippen molar-refractivity contribution in [2.45, 2.75) is 38.8 Å². The van der Waals surface area contributed by atoms with Crippen LogP contribution >= 0.6 is 11.6 Å². The molecule has 0 aromatic heterocycles. The van der Waals surface area contributed by atoms with Crippen LogP contribution in [0.4, 0.5) is 0 Å². The summed E-state index contributed by atoms with van der Waals surface area (Å²) in [5.41, 5.74) is 5.35. The molecule has 0 radical (unpaired) electrons. The minimum Gasteiger partial charge on any atom is -0.375 e. The molecule has 5 heteroatoms. The zero-order valence-electron chi connectivity index (χ0n) is 18.1. The largest absolute Gasteiger partial charge is 0.375 e. The molecule has 0 N–H and O–H groups in total. The van der Waals surface area contributed by atoms with Gasteiger partial charge in [-0.15, -0.1) is 0 Å². The van der Waals surface area contributed by atoms with Gasteiger partial charge in [0.05, 0.1) is 0 Å². The molecule has 2 heterocycles. The molecule has 4 nitrogen and oxygen atoms in total. The van der Waals surface area contributed by atoms with Crippen molar-refractivity contribution in [2.75, 3.05) is 33.4 Å². The van der Waals surface area contributed by atoms with Crippen molar-refractivity contribution >= 4 is 17.5 Å². The summed E-state index contributed by atoms with van der Waals surface area (Å²) in [6.45, 7) is 8.07. The molecule has 30 heavy (non-hydrogen) atoms. The van der Waals surface area contributed by atoms with E-state index in [-0.39, 0.29) is 12.5 Å². The predicted octanol–water partition coefficient (Wildman–Crippen LogP) is 4.42. The standard InChI is InChI=1S/C25H31ClN2O2/c1-17-4-7-20(12-18(17)2)22-14-28(13-19-5-8-21(26)9-6-19)24-10-11-27(15-23(22)24)25(29)16-30-3/h4-9,12,22-24H,10-11,13-16H2,1-3H3/t22-,23-,24-/m1/s1. The zero-order valence-corrected chi connectivity index (χ0v) is 18.9. The molecule has 3 atom stereocenters. The van der Waals surface area contributed by atoms with E-state index in [2.05, 4.69) is 49.1 Å². The van der Waals surface area contributed by atoms with Gasteiger partial charge in [-0.1, -0.05) is 41.9 Å². The maximum atomic E-state index is 12.5. The number of methoxy groups -OCH3 is 1. The number of aryl methyl sites for hydroxylation is 2. The third kappa shape index (κ3) is 4.41. The molecule has 0 spiro atoms. The molecule has 0 bridgehead atoms. The second-order valence-corrected chi connectivity index (χ2v) is 9.24. The molecule has 1 amide bonds. The van der Waals surface area contributed by atoms with E-state index >= 15 is 0 Å². The second-order valence-electron chi connectivity index (χ2n) is 8.80. The number of amides is 1. The molecule has 0 aliphatic carbocycles. The van der Waals surface area contributed by atoms with Gasteiger partial charge in [0.1, 0.15) is 6.61 Å². The van der Waals surface area contributed by atoms with Crippen molar-refractivity contribution in [1.82, 2.24) is 9.80 Å². The summed E-state index contributed by atoms with van der Waals surface area (Å²) in [7, 11) is 1.59. The summed E-state index contributed by atoms with van der Waals surface area (Å²) in [6, 6.07) is 15.5. The minimum atomic E-state index is 0.103. The van der Waals surface area contributed by atoms with Gasteiger partial charge in [0.15, 0.2) is 0 Å². The highest BCUT2D eigenvalue weighted by Gasteiger charge is 2.45. The number of piperidine rings is 1. The van der Waals surface area contributed by atoms with Crippen molar-refractivity contribution < 1.29 is 9.53 Å². The SMILES string of the molecule is COCC(=O)N1CC[C@@H]2[C@H](C1)[C@@H](c1ccc(C)c(C)c1)CN2Cc1ccc(Cl)cc1. The molecule has 0 saturated carbocycles. The number of halogens is 1. The van der Waals surface area contributed by atoms with Crippen LogP contribution in [0.3, 0.4) is 0 Å². The van der Waals surface area contributed by atoms with E-state index in [0.29, 0.717) is 17.9 Å². The smallest absolute Gasteiger partial charge is 0.248 e. The Hall–Kier alpha value is -1.88. The normalized spacial score (nSPS) is 24.1. The first-order valence-corrected chi connectivity index (χ1v) is 11.2. The Balaban J connectivity index is 1.59. The van der Waals surface area contributed by atoms with E-state index in [9.17, 15) is 4.79 Å². The fourth-order valence-electron chi connectivity index (χ4n) is 5.14. The quantitative estimate of drug-likeness (QED) is 0.709. The van der Waals surface area contributed by atoms with Crippen LogP contribution in [0.15, 0.2) is 42.5 Å². The number of fused-ring (bicyclic) bond motifs is 1. The molecule has 2 saturated heterocycles. The van der Waals surface area contributed by atoms with Crippen molar-refractivity contribution in [3.8, 4) is 0 Å². The Bertz CT molecular complexity index is 899. The lowest BCUT2D eigenvalue weighted by molar-refractivity contribution is -0.137.